The number of benzene rings is 1. The van der Waals surface area contributed by atoms with Crippen molar-refractivity contribution in [2.75, 3.05) is 6.61 Å². The van der Waals surface area contributed by atoms with Crippen molar-refractivity contribution < 1.29 is 4.74 Å². The first kappa shape index (κ1) is 13.2. The molecule has 0 N–H and O–H groups in total. The third-order valence-electron chi connectivity index (χ3n) is 2.74. The molecular weight excluding hydrogens is 196 g/mol. The summed E-state index contributed by atoms with van der Waals surface area (Å²) in [6.45, 7) is 7.46. The summed E-state index contributed by atoms with van der Waals surface area (Å²) in [5, 5.41) is 0. The van der Waals surface area contributed by atoms with E-state index in [4.69, 9.17) is 4.74 Å². The zero-order valence-electron chi connectivity index (χ0n) is 10.8. The predicted octanol–water partition coefficient (Wildman–Crippen LogP) is 4.65. The van der Waals surface area contributed by atoms with E-state index in [0.29, 0.717) is 6.10 Å². The first-order chi connectivity index (χ1) is 7.77. The Kier molecular flexibility index (Phi) is 6.17. The molecule has 2 rings (SSSR count). The molecule has 90 valence electrons. The van der Waals surface area contributed by atoms with Crippen LogP contribution in [0.5, 0.6) is 0 Å². The largest absolute Gasteiger partial charge is 0.368 e. The third kappa shape index (κ3) is 5.32. The van der Waals surface area contributed by atoms with E-state index in [1.54, 1.807) is 0 Å². The molecule has 1 saturated heterocycles. The maximum absolute atomic E-state index is 5.13. The van der Waals surface area contributed by atoms with Gasteiger partial charge in [0.25, 0.3) is 0 Å². The van der Waals surface area contributed by atoms with Gasteiger partial charge in [0, 0.05) is 0 Å². The second-order valence-corrected chi connectivity index (χ2v) is 4.44. The van der Waals surface area contributed by atoms with Crippen LogP contribution in [0, 0.1) is 6.92 Å². The molecule has 1 aromatic rings. The fraction of sp³-hybridized carbons (Fsp3) is 0.600. The van der Waals surface area contributed by atoms with Crippen LogP contribution >= 0.6 is 0 Å². The van der Waals surface area contributed by atoms with E-state index in [2.05, 4.69) is 45.0 Å². The van der Waals surface area contributed by atoms with Gasteiger partial charge >= 0.3 is 0 Å². The number of unbranched alkanes of at least 4 members (excludes halogenated alkanes) is 3. The monoisotopic (exact) mass is 220 g/mol. The third-order valence-corrected chi connectivity index (χ3v) is 2.74. The lowest BCUT2D eigenvalue weighted by molar-refractivity contribution is 0.415. The minimum atomic E-state index is 0.403. The molecule has 1 aromatic carbocycles. The van der Waals surface area contributed by atoms with Crippen molar-refractivity contribution in [2.45, 2.75) is 52.6 Å². The molecule has 0 bridgehead atoms. The average Bonchev–Trinajstić information content (AvgIpc) is 3.12. The van der Waals surface area contributed by atoms with Gasteiger partial charge in [0.05, 0.1) is 6.61 Å². The molecule has 1 nitrogen and oxygen atoms in total. The molecule has 0 spiro atoms. The standard InChI is InChI=1S/C9H10O.C6H14/c1-7-2-4-8(5-3-7)9-6-10-9;1-3-5-6-4-2/h2-5,9H,6H2,1H3;3-6H2,1-2H3. The van der Waals surface area contributed by atoms with E-state index in [-0.39, 0.29) is 0 Å². The first-order valence-corrected chi connectivity index (χ1v) is 6.46. The van der Waals surface area contributed by atoms with Crippen molar-refractivity contribution in [1.29, 1.82) is 0 Å². The predicted molar refractivity (Wildman–Crippen MR) is 69.7 cm³/mol. The Labute approximate surface area is 99.8 Å². The van der Waals surface area contributed by atoms with Crippen molar-refractivity contribution >= 4 is 0 Å². The summed E-state index contributed by atoms with van der Waals surface area (Å²) in [7, 11) is 0. The van der Waals surface area contributed by atoms with Gasteiger partial charge in [-0.1, -0.05) is 69.4 Å². The zero-order chi connectivity index (χ0) is 11.8. The van der Waals surface area contributed by atoms with E-state index < -0.39 is 0 Å². The van der Waals surface area contributed by atoms with Gasteiger partial charge in [0.2, 0.25) is 0 Å². The minimum absolute atomic E-state index is 0.403. The number of hydrogen-bond acceptors (Lipinski definition) is 1. The highest BCUT2D eigenvalue weighted by Crippen LogP contribution is 2.29. The van der Waals surface area contributed by atoms with Gasteiger partial charge in [-0.05, 0) is 12.5 Å². The number of epoxide rings is 1. The van der Waals surface area contributed by atoms with Gasteiger partial charge in [0.15, 0.2) is 0 Å². The van der Waals surface area contributed by atoms with E-state index in [9.17, 15) is 0 Å². The van der Waals surface area contributed by atoms with E-state index in [1.807, 2.05) is 0 Å². The van der Waals surface area contributed by atoms with Crippen LogP contribution in [0.1, 0.15) is 56.8 Å². The minimum Gasteiger partial charge on any atom is -0.368 e. The lowest BCUT2D eigenvalue weighted by Gasteiger charge is -1.94. The van der Waals surface area contributed by atoms with E-state index >= 15 is 0 Å². The van der Waals surface area contributed by atoms with Crippen LogP contribution in [0.4, 0.5) is 0 Å². The van der Waals surface area contributed by atoms with Crippen molar-refractivity contribution in [3.63, 3.8) is 0 Å². The molecular formula is C15H24O. The lowest BCUT2D eigenvalue weighted by Crippen LogP contribution is -1.79. The molecule has 1 aliphatic rings. The van der Waals surface area contributed by atoms with Gasteiger partial charge in [-0.3, -0.25) is 0 Å². The molecule has 1 fully saturated rings. The zero-order valence-corrected chi connectivity index (χ0v) is 10.8. The number of hydrogen-bond donors (Lipinski definition) is 0. The van der Waals surface area contributed by atoms with Crippen molar-refractivity contribution in [2.24, 2.45) is 0 Å². The summed E-state index contributed by atoms with van der Waals surface area (Å²) in [6, 6.07) is 8.51. The molecule has 1 unspecified atom stereocenters. The summed E-state index contributed by atoms with van der Waals surface area (Å²) >= 11 is 0. The van der Waals surface area contributed by atoms with Crippen LogP contribution in [0.2, 0.25) is 0 Å². The Balaban J connectivity index is 0.000000187. The molecule has 0 radical (unpaired) electrons. The Morgan fingerprint density at radius 2 is 1.56 bits per heavy atom. The highest BCUT2D eigenvalue weighted by molar-refractivity contribution is 5.24. The fourth-order valence-corrected chi connectivity index (χ4v) is 1.52. The van der Waals surface area contributed by atoms with Gasteiger partial charge in [-0.2, -0.15) is 0 Å². The SMILES string of the molecule is CCCCCC.Cc1ccc(C2CO2)cc1. The summed E-state index contributed by atoms with van der Waals surface area (Å²) in [5.74, 6) is 0. The molecule has 1 heterocycles. The molecule has 0 saturated carbocycles. The first-order valence-electron chi connectivity index (χ1n) is 6.46. The van der Waals surface area contributed by atoms with Crippen LogP contribution in [0.25, 0.3) is 0 Å². The van der Waals surface area contributed by atoms with Gasteiger partial charge in [0.1, 0.15) is 6.10 Å². The van der Waals surface area contributed by atoms with Crippen LogP contribution in [-0.4, -0.2) is 6.61 Å². The Bertz CT molecular complexity index is 268. The van der Waals surface area contributed by atoms with E-state index in [0.717, 1.165) is 6.61 Å². The highest BCUT2D eigenvalue weighted by atomic mass is 16.6. The van der Waals surface area contributed by atoms with Crippen LogP contribution in [0.15, 0.2) is 24.3 Å². The Morgan fingerprint density at radius 1 is 1.06 bits per heavy atom. The van der Waals surface area contributed by atoms with Crippen molar-refractivity contribution in [1.82, 2.24) is 0 Å². The molecule has 0 amide bonds. The Hall–Kier alpha value is -0.820. The maximum Gasteiger partial charge on any atom is 0.106 e. The average molecular weight is 220 g/mol. The van der Waals surface area contributed by atoms with Crippen LogP contribution in [0.3, 0.4) is 0 Å². The second kappa shape index (κ2) is 7.45. The number of ether oxygens (including phenoxy) is 1. The summed E-state index contributed by atoms with van der Waals surface area (Å²) in [5.41, 5.74) is 2.62. The van der Waals surface area contributed by atoms with E-state index in [1.165, 1.54) is 36.8 Å². The number of aryl methyl sites for hydroxylation is 1. The summed E-state index contributed by atoms with van der Waals surface area (Å²) < 4.78 is 5.13. The lowest BCUT2D eigenvalue weighted by atomic mass is 10.1. The molecule has 16 heavy (non-hydrogen) atoms. The number of rotatable bonds is 4. The van der Waals surface area contributed by atoms with Crippen molar-refractivity contribution in [3.8, 4) is 0 Å². The van der Waals surface area contributed by atoms with Crippen molar-refractivity contribution in [3.05, 3.63) is 35.4 Å². The molecule has 1 aliphatic heterocycles. The smallest absolute Gasteiger partial charge is 0.106 e. The Morgan fingerprint density at radius 3 is 1.94 bits per heavy atom. The maximum atomic E-state index is 5.13. The van der Waals surface area contributed by atoms with Gasteiger partial charge in [-0.25, -0.2) is 0 Å². The van der Waals surface area contributed by atoms with Crippen LogP contribution < -0.4 is 0 Å². The van der Waals surface area contributed by atoms with Gasteiger partial charge in [-0.15, -0.1) is 0 Å². The normalized spacial score (nSPS) is 17.6. The summed E-state index contributed by atoms with van der Waals surface area (Å²) in [6.07, 6.45) is 5.94. The molecule has 1 heteroatoms. The summed E-state index contributed by atoms with van der Waals surface area (Å²) in [4.78, 5) is 0. The molecule has 1 atom stereocenters. The molecule has 0 aliphatic carbocycles. The topological polar surface area (TPSA) is 12.5 Å². The second-order valence-electron chi connectivity index (χ2n) is 4.44. The fourth-order valence-electron chi connectivity index (χ4n) is 1.52. The highest BCUT2D eigenvalue weighted by Gasteiger charge is 2.23. The van der Waals surface area contributed by atoms with Gasteiger partial charge < -0.3 is 4.74 Å². The van der Waals surface area contributed by atoms with Crippen LogP contribution in [-0.2, 0) is 4.74 Å². The quantitative estimate of drug-likeness (QED) is 0.531. The molecule has 0 aromatic heterocycles.